The fraction of sp³-hybridized carbons (Fsp3) is 0.111. The van der Waals surface area contributed by atoms with Crippen molar-refractivity contribution in [3.8, 4) is 23.3 Å². The van der Waals surface area contributed by atoms with E-state index in [9.17, 15) is 15.2 Å². The number of anilines is 1. The number of methoxy groups -OCH3 is 2. The molecule has 0 unspecified atom stereocenters. The quantitative estimate of drug-likeness (QED) is 0.629. The van der Waals surface area contributed by atoms with Crippen molar-refractivity contribution in [2.24, 2.45) is 0 Å². The van der Waals surface area contributed by atoms with E-state index in [-0.39, 0.29) is 22.1 Å². The minimum atomic E-state index is -0.602. The molecule has 0 aliphatic carbocycles. The van der Waals surface area contributed by atoms with E-state index in [1.54, 1.807) is 24.3 Å². The Morgan fingerprint density at radius 3 is 2.56 bits per heavy atom. The van der Waals surface area contributed by atoms with Crippen LogP contribution in [-0.4, -0.2) is 25.2 Å². The minimum Gasteiger partial charge on any atom is -0.503 e. The lowest BCUT2D eigenvalue weighted by Crippen LogP contribution is -2.14. The number of benzene rings is 2. The van der Waals surface area contributed by atoms with Gasteiger partial charge in [0.25, 0.3) is 5.91 Å². The lowest BCUT2D eigenvalue weighted by molar-refractivity contribution is -0.112. The van der Waals surface area contributed by atoms with Gasteiger partial charge >= 0.3 is 0 Å². The number of phenolic OH excluding ortho intramolecular Hbond substituents is 1. The van der Waals surface area contributed by atoms with Crippen molar-refractivity contribution in [3.63, 3.8) is 0 Å². The van der Waals surface area contributed by atoms with Crippen LogP contribution in [0.2, 0.25) is 5.02 Å². The van der Waals surface area contributed by atoms with Crippen molar-refractivity contribution in [1.82, 2.24) is 0 Å². The summed E-state index contributed by atoms with van der Waals surface area (Å²) < 4.78 is 10.2. The van der Waals surface area contributed by atoms with Gasteiger partial charge in [-0.25, -0.2) is 0 Å². The molecule has 2 aromatic carbocycles. The first-order valence-electron chi connectivity index (χ1n) is 7.12. The predicted octanol–water partition coefficient (Wildman–Crippen LogP) is 3.61. The van der Waals surface area contributed by atoms with Crippen LogP contribution in [-0.2, 0) is 4.79 Å². The summed E-state index contributed by atoms with van der Waals surface area (Å²) in [6.07, 6.45) is 1.35. The number of ether oxygens (including phenoxy) is 2. The molecule has 7 heteroatoms. The van der Waals surface area contributed by atoms with Crippen LogP contribution in [0.5, 0.6) is 17.2 Å². The fourth-order valence-electron chi connectivity index (χ4n) is 2.09. The molecule has 6 nitrogen and oxygen atoms in total. The molecule has 0 aromatic heterocycles. The zero-order chi connectivity index (χ0) is 18.4. The number of halogens is 1. The van der Waals surface area contributed by atoms with Crippen molar-refractivity contribution < 1.29 is 19.4 Å². The third-order valence-electron chi connectivity index (χ3n) is 3.30. The second-order valence-corrected chi connectivity index (χ2v) is 5.29. The van der Waals surface area contributed by atoms with E-state index in [0.29, 0.717) is 17.0 Å². The molecule has 2 N–H and O–H groups in total. The molecule has 0 fully saturated rings. The average Bonchev–Trinajstić information content (AvgIpc) is 2.62. The minimum absolute atomic E-state index is 0.0491. The molecule has 1 amide bonds. The first-order chi connectivity index (χ1) is 12.0. The van der Waals surface area contributed by atoms with Gasteiger partial charge in [0.2, 0.25) is 0 Å². The number of aromatic hydroxyl groups is 1. The van der Waals surface area contributed by atoms with Gasteiger partial charge in [-0.3, -0.25) is 4.79 Å². The second kappa shape index (κ2) is 8.08. The van der Waals surface area contributed by atoms with Gasteiger partial charge in [0, 0.05) is 0 Å². The first-order valence-corrected chi connectivity index (χ1v) is 7.50. The number of hydrogen-bond acceptors (Lipinski definition) is 5. The lowest BCUT2D eigenvalue weighted by Gasteiger charge is -2.09. The Morgan fingerprint density at radius 1 is 1.24 bits per heavy atom. The van der Waals surface area contributed by atoms with Crippen LogP contribution in [0, 0.1) is 11.3 Å². The molecule has 25 heavy (non-hydrogen) atoms. The Balaban J connectivity index is 2.33. The van der Waals surface area contributed by atoms with Gasteiger partial charge in [-0.1, -0.05) is 23.7 Å². The summed E-state index contributed by atoms with van der Waals surface area (Å²) in [5.74, 6) is -0.197. The SMILES string of the molecule is COc1ccccc1NC(=O)/C(C#N)=C/c1cc(Cl)c(O)c(OC)c1. The number of para-hydroxylation sites is 2. The van der Waals surface area contributed by atoms with Crippen molar-refractivity contribution in [1.29, 1.82) is 5.26 Å². The number of nitrogens with zero attached hydrogens (tertiary/aromatic N) is 1. The van der Waals surface area contributed by atoms with E-state index < -0.39 is 5.91 Å². The standard InChI is InChI=1S/C18H15ClN2O4/c1-24-15-6-4-3-5-14(15)21-18(23)12(10-20)7-11-8-13(19)17(22)16(9-11)25-2/h3-9,22H,1-2H3,(H,21,23)/b12-7+. The van der Waals surface area contributed by atoms with Crippen LogP contribution in [0.25, 0.3) is 6.08 Å². The van der Waals surface area contributed by atoms with Gasteiger partial charge in [0.1, 0.15) is 17.4 Å². The summed E-state index contributed by atoms with van der Waals surface area (Å²) in [7, 11) is 2.86. The molecule has 2 aromatic rings. The molecule has 0 radical (unpaired) electrons. The molecule has 0 bridgehead atoms. The topological polar surface area (TPSA) is 91.6 Å². The normalized spacial score (nSPS) is 10.7. The molecule has 128 valence electrons. The number of nitrogens with one attached hydrogen (secondary N) is 1. The molecule has 0 aliphatic heterocycles. The number of hydrogen-bond donors (Lipinski definition) is 2. The van der Waals surface area contributed by atoms with Crippen molar-refractivity contribution in [3.05, 3.63) is 52.6 Å². The molecule has 0 aliphatic rings. The highest BCUT2D eigenvalue weighted by atomic mass is 35.5. The maximum atomic E-state index is 12.4. The first kappa shape index (κ1) is 18.2. The smallest absolute Gasteiger partial charge is 0.266 e. The van der Waals surface area contributed by atoms with Crippen LogP contribution in [0.15, 0.2) is 42.0 Å². The Morgan fingerprint density at radius 2 is 1.92 bits per heavy atom. The van der Waals surface area contributed by atoms with Crippen molar-refractivity contribution in [2.45, 2.75) is 0 Å². The Labute approximate surface area is 149 Å². The third-order valence-corrected chi connectivity index (χ3v) is 3.59. The zero-order valence-corrected chi connectivity index (χ0v) is 14.3. The van der Waals surface area contributed by atoms with Gasteiger partial charge in [0.15, 0.2) is 11.5 Å². The second-order valence-electron chi connectivity index (χ2n) is 4.88. The average molecular weight is 359 g/mol. The van der Waals surface area contributed by atoms with Crippen LogP contribution in [0.3, 0.4) is 0 Å². The van der Waals surface area contributed by atoms with E-state index in [2.05, 4.69) is 5.32 Å². The van der Waals surface area contributed by atoms with E-state index >= 15 is 0 Å². The molecular weight excluding hydrogens is 344 g/mol. The third kappa shape index (κ3) is 4.22. The monoisotopic (exact) mass is 358 g/mol. The number of amides is 1. The Kier molecular flexibility index (Phi) is 5.88. The molecule has 0 atom stereocenters. The van der Waals surface area contributed by atoms with Gasteiger partial charge < -0.3 is 19.9 Å². The van der Waals surface area contributed by atoms with Crippen molar-refractivity contribution >= 4 is 29.3 Å². The Hall–Kier alpha value is -3.17. The number of carbonyl (C=O) groups excluding carboxylic acids is 1. The van der Waals surface area contributed by atoms with Crippen LogP contribution in [0.4, 0.5) is 5.69 Å². The van der Waals surface area contributed by atoms with Crippen molar-refractivity contribution in [2.75, 3.05) is 19.5 Å². The Bertz CT molecular complexity index is 872. The van der Waals surface area contributed by atoms with Gasteiger partial charge in [-0.05, 0) is 35.9 Å². The summed E-state index contributed by atoms with van der Waals surface area (Å²) in [4.78, 5) is 12.4. The zero-order valence-electron chi connectivity index (χ0n) is 13.5. The highest BCUT2D eigenvalue weighted by Gasteiger charge is 2.14. The van der Waals surface area contributed by atoms with Crippen LogP contribution < -0.4 is 14.8 Å². The molecule has 0 heterocycles. The van der Waals surface area contributed by atoms with E-state index in [0.717, 1.165) is 0 Å². The van der Waals surface area contributed by atoms with Gasteiger partial charge in [0.05, 0.1) is 24.9 Å². The van der Waals surface area contributed by atoms with Gasteiger partial charge in [-0.2, -0.15) is 5.26 Å². The molecule has 0 saturated carbocycles. The van der Waals surface area contributed by atoms with Crippen LogP contribution >= 0.6 is 11.6 Å². The van der Waals surface area contributed by atoms with E-state index in [4.69, 9.17) is 21.1 Å². The molecule has 2 rings (SSSR count). The number of rotatable bonds is 5. The van der Waals surface area contributed by atoms with E-state index in [1.165, 1.54) is 32.4 Å². The number of phenols is 1. The molecule has 0 spiro atoms. The summed E-state index contributed by atoms with van der Waals surface area (Å²) in [5, 5.41) is 21.7. The summed E-state index contributed by atoms with van der Waals surface area (Å²) in [6, 6.07) is 11.6. The largest absolute Gasteiger partial charge is 0.503 e. The number of carbonyl (C=O) groups is 1. The van der Waals surface area contributed by atoms with Gasteiger partial charge in [-0.15, -0.1) is 0 Å². The number of nitriles is 1. The van der Waals surface area contributed by atoms with E-state index in [1.807, 2.05) is 6.07 Å². The maximum Gasteiger partial charge on any atom is 0.266 e. The maximum absolute atomic E-state index is 12.4. The molecular formula is C18H15ClN2O4. The van der Waals surface area contributed by atoms with Crippen LogP contribution in [0.1, 0.15) is 5.56 Å². The molecule has 0 saturated heterocycles. The summed E-state index contributed by atoms with van der Waals surface area (Å²) >= 11 is 5.91. The highest BCUT2D eigenvalue weighted by molar-refractivity contribution is 6.32. The summed E-state index contributed by atoms with van der Waals surface area (Å²) in [5.41, 5.74) is 0.735. The fourth-order valence-corrected chi connectivity index (χ4v) is 2.30. The summed E-state index contributed by atoms with van der Waals surface area (Å²) in [6.45, 7) is 0. The predicted molar refractivity (Wildman–Crippen MR) is 94.9 cm³/mol. The lowest BCUT2D eigenvalue weighted by atomic mass is 10.1. The highest BCUT2D eigenvalue weighted by Crippen LogP contribution is 2.35.